The van der Waals surface area contributed by atoms with Crippen LogP contribution in [0.2, 0.25) is 5.02 Å². The number of amides is 1. The van der Waals surface area contributed by atoms with Crippen LogP contribution < -0.4 is 10.0 Å². The molecule has 5 rings (SSSR count). The number of fused-ring (bicyclic) bond motifs is 1. The Morgan fingerprint density at radius 2 is 1.91 bits per heavy atom. The number of nitrogens with zero attached hydrogens (tertiary/aromatic N) is 3. The quantitative estimate of drug-likeness (QED) is 0.311. The van der Waals surface area contributed by atoms with Crippen LogP contribution in [-0.4, -0.2) is 65.4 Å². The predicted molar refractivity (Wildman–Crippen MR) is 129 cm³/mol. The van der Waals surface area contributed by atoms with Crippen LogP contribution in [0, 0.1) is 6.92 Å². The number of quaternary nitrogens is 1. The molecule has 2 aromatic heterocycles. The molecule has 2 aliphatic rings. The van der Waals surface area contributed by atoms with E-state index in [1.165, 1.54) is 9.80 Å². The summed E-state index contributed by atoms with van der Waals surface area (Å²) in [5.74, 6) is -1.86. The molecule has 2 aliphatic heterocycles. The van der Waals surface area contributed by atoms with E-state index in [2.05, 4.69) is 4.98 Å². The van der Waals surface area contributed by atoms with Gasteiger partial charge in [0.2, 0.25) is 5.78 Å². The molecule has 0 saturated carbocycles. The molecule has 1 unspecified atom stereocenters. The first-order chi connectivity index (χ1) is 17.0. The number of morpholine rings is 1. The summed E-state index contributed by atoms with van der Waals surface area (Å²) >= 11 is 6.10. The van der Waals surface area contributed by atoms with E-state index < -0.39 is 23.5 Å². The number of ether oxygens (including phenoxy) is 1. The third kappa shape index (κ3) is 4.45. The zero-order valence-electron chi connectivity index (χ0n) is 19.5. The maximum absolute atomic E-state index is 13.9. The van der Waals surface area contributed by atoms with Crippen molar-refractivity contribution in [1.82, 2.24) is 14.3 Å². The van der Waals surface area contributed by atoms with Gasteiger partial charge < -0.3 is 24.0 Å². The van der Waals surface area contributed by atoms with Crippen molar-refractivity contribution in [2.75, 3.05) is 39.4 Å². The smallest absolute Gasteiger partial charge is 0.295 e. The lowest BCUT2D eigenvalue weighted by Gasteiger charge is -2.29. The van der Waals surface area contributed by atoms with Gasteiger partial charge in [0.1, 0.15) is 18.7 Å². The zero-order chi connectivity index (χ0) is 24.5. The lowest BCUT2D eigenvalue weighted by atomic mass is 9.96. The molecule has 0 radical (unpaired) electrons. The van der Waals surface area contributed by atoms with Gasteiger partial charge in [0, 0.05) is 29.8 Å². The third-order valence-electron chi connectivity index (χ3n) is 6.76. The van der Waals surface area contributed by atoms with Crippen LogP contribution >= 0.6 is 11.6 Å². The van der Waals surface area contributed by atoms with Crippen molar-refractivity contribution in [3.8, 4) is 0 Å². The van der Waals surface area contributed by atoms with Gasteiger partial charge >= 0.3 is 0 Å². The second-order valence-electron chi connectivity index (χ2n) is 8.97. The second kappa shape index (κ2) is 9.81. The van der Waals surface area contributed by atoms with Gasteiger partial charge in [-0.1, -0.05) is 35.6 Å². The Morgan fingerprint density at radius 3 is 2.66 bits per heavy atom. The van der Waals surface area contributed by atoms with E-state index in [-0.39, 0.29) is 5.57 Å². The minimum absolute atomic E-state index is 0.0372. The first-order valence-corrected chi connectivity index (χ1v) is 12.2. The van der Waals surface area contributed by atoms with Gasteiger partial charge in [-0.2, -0.15) is 0 Å². The Labute approximate surface area is 208 Å². The Morgan fingerprint density at radius 1 is 1.17 bits per heavy atom. The molecule has 3 aromatic rings. The highest BCUT2D eigenvalue weighted by molar-refractivity contribution is 6.46. The molecule has 9 heteroatoms. The average Bonchev–Trinajstić information content (AvgIpc) is 3.33. The number of nitrogens with one attached hydrogen (secondary N) is 1. The molecule has 1 N–H and O–H groups in total. The summed E-state index contributed by atoms with van der Waals surface area (Å²) in [6.07, 6.45) is 2.46. The molecule has 8 nitrogen and oxygen atoms in total. The fourth-order valence-corrected chi connectivity index (χ4v) is 5.14. The summed E-state index contributed by atoms with van der Waals surface area (Å²) in [6.45, 7) is 6.30. The van der Waals surface area contributed by atoms with Gasteiger partial charge in [-0.15, -0.1) is 0 Å². The monoisotopic (exact) mass is 494 g/mol. The van der Waals surface area contributed by atoms with Crippen molar-refractivity contribution in [3.63, 3.8) is 0 Å². The lowest BCUT2D eigenvalue weighted by molar-refractivity contribution is -0.908. The molecule has 2 fully saturated rings. The summed E-state index contributed by atoms with van der Waals surface area (Å²) in [5, 5.41) is 14.4. The molecule has 1 amide bonds. The molecule has 182 valence electrons. The van der Waals surface area contributed by atoms with Gasteiger partial charge in [0.15, 0.2) is 0 Å². The zero-order valence-corrected chi connectivity index (χ0v) is 20.3. The topological polar surface area (TPSA) is 91.4 Å². The summed E-state index contributed by atoms with van der Waals surface area (Å²) < 4.78 is 7.09. The van der Waals surface area contributed by atoms with E-state index in [4.69, 9.17) is 16.3 Å². The standard InChI is InChI=1S/C26H27ClN4O4/c1-17-22(30-11-3-2-5-20(30)28-17)24(32)21-23(18-6-8-19(27)9-7-18)31(26(34)25(21)33)12-4-10-29-13-15-35-16-14-29/h2-3,5-9,11,23,32H,4,10,12-16H2,1H3/b24-21+. The van der Waals surface area contributed by atoms with E-state index in [9.17, 15) is 14.7 Å². The maximum Gasteiger partial charge on any atom is 0.295 e. The number of pyridine rings is 1. The van der Waals surface area contributed by atoms with Gasteiger partial charge in [0.25, 0.3) is 5.91 Å². The van der Waals surface area contributed by atoms with Crippen molar-refractivity contribution in [2.45, 2.75) is 19.4 Å². The fourth-order valence-electron chi connectivity index (χ4n) is 5.02. The van der Waals surface area contributed by atoms with Gasteiger partial charge in [0.05, 0.1) is 37.2 Å². The van der Waals surface area contributed by atoms with Crippen molar-refractivity contribution >= 4 is 34.7 Å². The maximum atomic E-state index is 13.9. The van der Waals surface area contributed by atoms with Crippen molar-refractivity contribution in [1.29, 1.82) is 0 Å². The van der Waals surface area contributed by atoms with Gasteiger partial charge in [-0.3, -0.25) is 9.59 Å². The van der Waals surface area contributed by atoms with E-state index in [0.29, 0.717) is 40.6 Å². The van der Waals surface area contributed by atoms with E-state index >= 15 is 0 Å². The highest BCUT2D eigenvalue weighted by Crippen LogP contribution is 2.39. The van der Waals surface area contributed by atoms with Crippen LogP contribution in [0.3, 0.4) is 0 Å². The van der Waals surface area contributed by atoms with Crippen molar-refractivity contribution in [3.05, 3.63) is 76.2 Å². The lowest BCUT2D eigenvalue weighted by Crippen LogP contribution is -3.14. The molecule has 35 heavy (non-hydrogen) atoms. The average molecular weight is 495 g/mol. The molecule has 0 bridgehead atoms. The fraction of sp³-hybridized carbons (Fsp3) is 0.346. The number of hydrogen-bond donors (Lipinski definition) is 1. The number of Topliss-reactive ketones (excluding diaryl/α,β-unsaturated/α-hetero) is 1. The second-order valence-corrected chi connectivity index (χ2v) is 9.40. The summed E-state index contributed by atoms with van der Waals surface area (Å²) in [6, 6.07) is 11.6. The Balaban J connectivity index is 1.54. The Hall–Kier alpha value is -3.20. The largest absolute Gasteiger partial charge is 0.871 e. The molecule has 2 saturated heterocycles. The first-order valence-electron chi connectivity index (χ1n) is 11.8. The minimum Gasteiger partial charge on any atom is -0.871 e. The van der Waals surface area contributed by atoms with E-state index in [1.807, 2.05) is 6.07 Å². The molecular formula is C26H27ClN4O4. The number of ketones is 1. The molecule has 4 heterocycles. The summed E-state index contributed by atoms with van der Waals surface area (Å²) in [4.78, 5) is 33.9. The normalized spacial score (nSPS) is 20.7. The highest BCUT2D eigenvalue weighted by Gasteiger charge is 2.44. The van der Waals surface area contributed by atoms with Crippen LogP contribution in [0.1, 0.15) is 29.4 Å². The Bertz CT molecular complexity index is 1290. The number of hydrogen-bond acceptors (Lipinski definition) is 5. The Kier molecular flexibility index (Phi) is 6.60. The highest BCUT2D eigenvalue weighted by atomic mass is 35.5. The number of likely N-dealkylation sites (tertiary alicyclic amines) is 1. The van der Waals surface area contributed by atoms with Crippen LogP contribution in [0.15, 0.2) is 54.2 Å². The molecule has 0 spiro atoms. The van der Waals surface area contributed by atoms with Gasteiger partial charge in [-0.25, -0.2) is 4.98 Å². The molecule has 1 atom stereocenters. The SMILES string of the molecule is Cc1nc2ccccn2c1/C([O-])=C1\C(=O)C(=O)N(CCC[NH+]2CCOCC2)C1c1ccc(Cl)cc1. The summed E-state index contributed by atoms with van der Waals surface area (Å²) in [5.41, 5.74) is 2.07. The number of aryl methyl sites for hydroxylation is 1. The number of halogens is 1. The first kappa shape index (κ1) is 23.5. The number of carbonyl (C=O) groups excluding carboxylic acids is 2. The van der Waals surface area contributed by atoms with E-state index in [1.54, 1.807) is 53.9 Å². The predicted octanol–water partition coefficient (Wildman–Crippen LogP) is 0.825. The van der Waals surface area contributed by atoms with Crippen molar-refractivity contribution < 1.29 is 24.3 Å². The van der Waals surface area contributed by atoms with Crippen LogP contribution in [0.25, 0.3) is 11.4 Å². The molecule has 1 aromatic carbocycles. The van der Waals surface area contributed by atoms with Crippen LogP contribution in [0.4, 0.5) is 0 Å². The molecular weight excluding hydrogens is 468 g/mol. The van der Waals surface area contributed by atoms with Crippen molar-refractivity contribution in [2.24, 2.45) is 0 Å². The van der Waals surface area contributed by atoms with Crippen LogP contribution in [0.5, 0.6) is 0 Å². The number of aromatic nitrogens is 2. The van der Waals surface area contributed by atoms with E-state index in [0.717, 1.165) is 32.8 Å². The number of benzene rings is 1. The molecule has 0 aliphatic carbocycles. The number of imidazole rings is 1. The number of carbonyl (C=O) groups is 2. The van der Waals surface area contributed by atoms with Crippen LogP contribution in [-0.2, 0) is 14.3 Å². The van der Waals surface area contributed by atoms with Gasteiger partial charge in [-0.05, 0) is 36.8 Å². The number of rotatable bonds is 6. The third-order valence-corrected chi connectivity index (χ3v) is 7.02. The minimum atomic E-state index is -0.770. The summed E-state index contributed by atoms with van der Waals surface area (Å²) in [7, 11) is 0.